The summed E-state index contributed by atoms with van der Waals surface area (Å²) in [5, 5.41) is 0.559. The Morgan fingerprint density at radius 2 is 1.74 bits per heavy atom. The highest BCUT2D eigenvalue weighted by Gasteiger charge is 2.14. The first kappa shape index (κ1) is 14.1. The Kier molecular flexibility index (Phi) is 4.27. The zero-order valence-electron chi connectivity index (χ0n) is 10.6. The molecule has 0 fully saturated rings. The van der Waals surface area contributed by atoms with Gasteiger partial charge in [0.2, 0.25) is 0 Å². The Labute approximate surface area is 119 Å². The first-order valence-electron chi connectivity index (χ1n) is 5.96. The molecule has 2 nitrogen and oxygen atoms in total. The lowest BCUT2D eigenvalue weighted by Gasteiger charge is -2.07. The molecule has 0 heterocycles. The molecule has 4 heteroatoms. The number of sulfone groups is 1. The predicted octanol–water partition coefficient (Wildman–Crippen LogP) is 3.76. The molecule has 0 atom stereocenters. The number of rotatable bonds is 4. The van der Waals surface area contributed by atoms with Crippen LogP contribution in [0.4, 0.5) is 0 Å². The molecule has 0 aliphatic heterocycles. The van der Waals surface area contributed by atoms with Gasteiger partial charge in [0.25, 0.3) is 0 Å². The third-order valence-corrected chi connectivity index (χ3v) is 4.67. The summed E-state index contributed by atoms with van der Waals surface area (Å²) in [5.74, 6) is 0.0775. The highest BCUT2D eigenvalue weighted by Crippen LogP contribution is 2.17. The molecule has 0 aromatic heterocycles. The number of hydrogen-bond donors (Lipinski definition) is 0. The van der Waals surface area contributed by atoms with Crippen LogP contribution in [0.25, 0.3) is 0 Å². The van der Waals surface area contributed by atoms with Gasteiger partial charge in [-0.1, -0.05) is 48.0 Å². The minimum atomic E-state index is -3.19. The van der Waals surface area contributed by atoms with Crippen LogP contribution in [0.15, 0.2) is 48.5 Å². The van der Waals surface area contributed by atoms with Gasteiger partial charge in [-0.2, -0.15) is 0 Å². The van der Waals surface area contributed by atoms with Gasteiger partial charge in [-0.25, -0.2) is 8.42 Å². The van der Waals surface area contributed by atoms with E-state index in [1.807, 2.05) is 31.2 Å². The van der Waals surface area contributed by atoms with Crippen LogP contribution in [0, 0.1) is 6.92 Å². The molecule has 2 aromatic carbocycles. The largest absolute Gasteiger partial charge is 0.228 e. The SMILES string of the molecule is Cc1ccccc1CS(=O)(=O)Cc1cccc(Cl)c1. The minimum absolute atomic E-state index is 0.0158. The molecule has 0 aliphatic rings. The van der Waals surface area contributed by atoms with Crippen molar-refractivity contribution in [2.45, 2.75) is 18.4 Å². The lowest BCUT2D eigenvalue weighted by atomic mass is 10.1. The molecule has 0 unspecified atom stereocenters. The third kappa shape index (κ3) is 4.08. The maximum absolute atomic E-state index is 12.2. The van der Waals surface area contributed by atoms with E-state index in [4.69, 9.17) is 11.6 Å². The fourth-order valence-corrected chi connectivity index (χ4v) is 3.74. The average molecular weight is 295 g/mol. The van der Waals surface area contributed by atoms with Crippen LogP contribution in [-0.2, 0) is 21.3 Å². The third-order valence-electron chi connectivity index (χ3n) is 2.91. The molecule has 0 amide bonds. The fourth-order valence-electron chi connectivity index (χ4n) is 1.94. The molecule has 0 radical (unpaired) electrons. The second kappa shape index (κ2) is 5.76. The average Bonchev–Trinajstić information content (AvgIpc) is 2.31. The first-order valence-corrected chi connectivity index (χ1v) is 8.15. The Morgan fingerprint density at radius 1 is 1.00 bits per heavy atom. The van der Waals surface area contributed by atoms with Gasteiger partial charge in [0.05, 0.1) is 11.5 Å². The quantitative estimate of drug-likeness (QED) is 0.860. The van der Waals surface area contributed by atoms with Gasteiger partial charge < -0.3 is 0 Å². The van der Waals surface area contributed by atoms with E-state index in [9.17, 15) is 8.42 Å². The zero-order valence-corrected chi connectivity index (χ0v) is 12.2. The van der Waals surface area contributed by atoms with Crippen molar-refractivity contribution in [3.63, 3.8) is 0 Å². The van der Waals surface area contributed by atoms with Gasteiger partial charge in [0.15, 0.2) is 9.84 Å². The van der Waals surface area contributed by atoms with Gasteiger partial charge in [0.1, 0.15) is 0 Å². The molecule has 0 saturated heterocycles. The highest BCUT2D eigenvalue weighted by molar-refractivity contribution is 7.89. The molecule has 0 bridgehead atoms. The lowest BCUT2D eigenvalue weighted by Crippen LogP contribution is -2.08. The van der Waals surface area contributed by atoms with Gasteiger partial charge in [-0.3, -0.25) is 0 Å². The van der Waals surface area contributed by atoms with Crippen molar-refractivity contribution in [2.24, 2.45) is 0 Å². The monoisotopic (exact) mass is 294 g/mol. The van der Waals surface area contributed by atoms with Crippen LogP contribution in [-0.4, -0.2) is 8.42 Å². The van der Waals surface area contributed by atoms with E-state index in [0.717, 1.165) is 16.7 Å². The predicted molar refractivity (Wildman–Crippen MR) is 79.0 cm³/mol. The molecule has 0 saturated carbocycles. The minimum Gasteiger partial charge on any atom is -0.228 e. The maximum atomic E-state index is 12.2. The van der Waals surface area contributed by atoms with E-state index in [-0.39, 0.29) is 11.5 Å². The van der Waals surface area contributed by atoms with Crippen molar-refractivity contribution in [3.05, 3.63) is 70.2 Å². The van der Waals surface area contributed by atoms with Gasteiger partial charge >= 0.3 is 0 Å². The zero-order chi connectivity index (χ0) is 13.9. The number of hydrogen-bond acceptors (Lipinski definition) is 2. The standard InChI is InChI=1S/C15H15ClO2S/c1-12-5-2-3-7-14(12)11-19(17,18)10-13-6-4-8-15(16)9-13/h2-9H,10-11H2,1H3. The summed E-state index contributed by atoms with van der Waals surface area (Å²) < 4.78 is 24.4. The molecule has 0 spiro atoms. The van der Waals surface area contributed by atoms with Crippen LogP contribution in [0.2, 0.25) is 5.02 Å². The summed E-state index contributed by atoms with van der Waals surface area (Å²) in [7, 11) is -3.19. The smallest absolute Gasteiger partial charge is 0.158 e. The fraction of sp³-hybridized carbons (Fsp3) is 0.200. The summed E-state index contributed by atoms with van der Waals surface area (Å²) in [4.78, 5) is 0. The number of benzene rings is 2. The summed E-state index contributed by atoms with van der Waals surface area (Å²) in [6.45, 7) is 1.92. The first-order chi connectivity index (χ1) is 8.96. The van der Waals surface area contributed by atoms with E-state index in [2.05, 4.69) is 0 Å². The van der Waals surface area contributed by atoms with Crippen molar-refractivity contribution in [3.8, 4) is 0 Å². The Morgan fingerprint density at radius 3 is 2.42 bits per heavy atom. The molecule has 100 valence electrons. The van der Waals surface area contributed by atoms with Crippen molar-refractivity contribution < 1.29 is 8.42 Å². The molecule has 0 N–H and O–H groups in total. The molecule has 2 rings (SSSR count). The molecular formula is C15H15ClO2S. The Hall–Kier alpha value is -1.32. The summed E-state index contributed by atoms with van der Waals surface area (Å²) in [5.41, 5.74) is 2.57. The van der Waals surface area contributed by atoms with E-state index in [1.54, 1.807) is 24.3 Å². The molecule has 19 heavy (non-hydrogen) atoms. The summed E-state index contributed by atoms with van der Waals surface area (Å²) in [6, 6.07) is 14.5. The van der Waals surface area contributed by atoms with Crippen molar-refractivity contribution in [1.82, 2.24) is 0 Å². The van der Waals surface area contributed by atoms with E-state index >= 15 is 0 Å². The molecular weight excluding hydrogens is 280 g/mol. The molecule has 0 aliphatic carbocycles. The van der Waals surface area contributed by atoms with Crippen LogP contribution in [0.5, 0.6) is 0 Å². The second-order valence-corrected chi connectivity index (χ2v) is 7.09. The van der Waals surface area contributed by atoms with Crippen LogP contribution in [0.3, 0.4) is 0 Å². The number of aryl methyl sites for hydroxylation is 1. The topological polar surface area (TPSA) is 34.1 Å². The van der Waals surface area contributed by atoms with E-state index in [1.165, 1.54) is 0 Å². The van der Waals surface area contributed by atoms with Gasteiger partial charge in [-0.15, -0.1) is 0 Å². The maximum Gasteiger partial charge on any atom is 0.158 e. The van der Waals surface area contributed by atoms with E-state index < -0.39 is 9.84 Å². The van der Waals surface area contributed by atoms with E-state index in [0.29, 0.717) is 5.02 Å². The summed E-state index contributed by atoms with van der Waals surface area (Å²) in [6.07, 6.45) is 0. The van der Waals surface area contributed by atoms with Gasteiger partial charge in [0, 0.05) is 5.02 Å². The van der Waals surface area contributed by atoms with Crippen LogP contribution < -0.4 is 0 Å². The summed E-state index contributed by atoms with van der Waals surface area (Å²) >= 11 is 5.86. The van der Waals surface area contributed by atoms with Crippen molar-refractivity contribution in [1.29, 1.82) is 0 Å². The van der Waals surface area contributed by atoms with Crippen LogP contribution in [0.1, 0.15) is 16.7 Å². The highest BCUT2D eigenvalue weighted by atomic mass is 35.5. The van der Waals surface area contributed by atoms with Gasteiger partial charge in [-0.05, 0) is 35.7 Å². The van der Waals surface area contributed by atoms with Crippen molar-refractivity contribution in [2.75, 3.05) is 0 Å². The second-order valence-electron chi connectivity index (χ2n) is 4.59. The Balaban J connectivity index is 2.18. The number of halogens is 1. The van der Waals surface area contributed by atoms with Crippen LogP contribution >= 0.6 is 11.6 Å². The Bertz CT molecular complexity index is 678. The lowest BCUT2D eigenvalue weighted by molar-refractivity contribution is 0.594. The normalized spacial score (nSPS) is 11.5. The van der Waals surface area contributed by atoms with Crippen molar-refractivity contribution >= 4 is 21.4 Å². The molecule has 2 aromatic rings.